The van der Waals surface area contributed by atoms with Gasteiger partial charge in [-0.1, -0.05) is 0 Å². The monoisotopic (exact) mass is 479 g/mol. The first-order valence-corrected chi connectivity index (χ1v) is 12.8. The molecule has 5 rings (SSSR count). The number of hydrogen-bond acceptors (Lipinski definition) is 7. The molecule has 0 bridgehead atoms. The SMILES string of the molecule is COC(C)COC(C)Cn1c(O)c2c(c1O)CC1(CCC3OC3(C)CCC3OC3(C)C)OC1C2. The van der Waals surface area contributed by atoms with Gasteiger partial charge in [-0.3, -0.25) is 4.57 Å². The van der Waals surface area contributed by atoms with Gasteiger partial charge in [-0.2, -0.15) is 0 Å². The van der Waals surface area contributed by atoms with Crippen LogP contribution >= 0.6 is 0 Å². The number of methoxy groups -OCH3 is 1. The Balaban J connectivity index is 1.15. The molecule has 2 N–H and O–H groups in total. The van der Waals surface area contributed by atoms with Crippen LogP contribution in [0, 0.1) is 0 Å². The lowest BCUT2D eigenvalue weighted by molar-refractivity contribution is -0.0196. The third kappa shape index (κ3) is 4.48. The fourth-order valence-electron chi connectivity index (χ4n) is 5.78. The van der Waals surface area contributed by atoms with E-state index >= 15 is 0 Å². The molecule has 34 heavy (non-hydrogen) atoms. The lowest BCUT2D eigenvalue weighted by Crippen LogP contribution is -2.26. The zero-order valence-electron chi connectivity index (χ0n) is 21.4. The highest BCUT2D eigenvalue weighted by atomic mass is 16.6. The number of ether oxygens (including phenoxy) is 5. The van der Waals surface area contributed by atoms with Crippen molar-refractivity contribution in [2.45, 2.75) is 127 Å². The molecule has 7 unspecified atom stereocenters. The van der Waals surface area contributed by atoms with E-state index in [0.717, 1.165) is 36.8 Å². The van der Waals surface area contributed by atoms with Crippen LogP contribution in [0.15, 0.2) is 0 Å². The summed E-state index contributed by atoms with van der Waals surface area (Å²) in [6.07, 6.45) is 5.73. The van der Waals surface area contributed by atoms with Crippen LogP contribution in [0.1, 0.15) is 71.4 Å². The van der Waals surface area contributed by atoms with E-state index in [0.29, 0.717) is 32.1 Å². The molecule has 3 fully saturated rings. The molecule has 192 valence electrons. The lowest BCUT2D eigenvalue weighted by Gasteiger charge is -2.18. The minimum absolute atomic E-state index is 0.00202. The smallest absolute Gasteiger partial charge is 0.197 e. The van der Waals surface area contributed by atoms with Gasteiger partial charge < -0.3 is 33.9 Å². The maximum atomic E-state index is 11.0. The summed E-state index contributed by atoms with van der Waals surface area (Å²) in [5, 5.41) is 21.8. The summed E-state index contributed by atoms with van der Waals surface area (Å²) in [4.78, 5) is 0. The predicted octanol–water partition coefficient (Wildman–Crippen LogP) is 3.47. The quantitative estimate of drug-likeness (QED) is 0.443. The molecule has 3 saturated heterocycles. The summed E-state index contributed by atoms with van der Waals surface area (Å²) in [5.41, 5.74) is 1.37. The van der Waals surface area contributed by atoms with E-state index in [1.54, 1.807) is 11.7 Å². The van der Waals surface area contributed by atoms with Gasteiger partial charge in [0, 0.05) is 31.1 Å². The van der Waals surface area contributed by atoms with Crippen molar-refractivity contribution >= 4 is 0 Å². The van der Waals surface area contributed by atoms with Crippen LogP contribution in [0.4, 0.5) is 0 Å². The summed E-state index contributed by atoms with van der Waals surface area (Å²) in [6, 6.07) is 0. The standard InChI is InChI=1S/C26H41NO7/c1-15(31-14-16(2)30-6)13-27-22(28)17-11-21-26(34-21,12-18(17)23(27)29)10-8-20-25(5,33-20)9-7-19-24(3,4)32-19/h15-16,19-21,28-29H,7-14H2,1-6H3. The van der Waals surface area contributed by atoms with Gasteiger partial charge in [0.25, 0.3) is 0 Å². The summed E-state index contributed by atoms with van der Waals surface area (Å²) < 4.78 is 30.6. The van der Waals surface area contributed by atoms with Crippen molar-refractivity contribution in [3.8, 4) is 11.8 Å². The molecule has 8 nitrogen and oxygen atoms in total. The Morgan fingerprint density at radius 2 is 1.65 bits per heavy atom. The maximum absolute atomic E-state index is 11.0. The van der Waals surface area contributed by atoms with Crippen molar-refractivity contribution in [1.82, 2.24) is 4.57 Å². The average molecular weight is 480 g/mol. The molecular weight excluding hydrogens is 438 g/mol. The van der Waals surface area contributed by atoms with Crippen LogP contribution in [-0.4, -0.2) is 75.8 Å². The van der Waals surface area contributed by atoms with Gasteiger partial charge in [-0.25, -0.2) is 0 Å². The second-order valence-electron chi connectivity index (χ2n) is 11.7. The molecule has 0 radical (unpaired) electrons. The Morgan fingerprint density at radius 3 is 2.32 bits per heavy atom. The number of hydrogen-bond donors (Lipinski definition) is 2. The molecular formula is C26H41NO7. The summed E-state index contributed by atoms with van der Waals surface area (Å²) in [7, 11) is 1.65. The van der Waals surface area contributed by atoms with Crippen LogP contribution in [0.25, 0.3) is 0 Å². The van der Waals surface area contributed by atoms with Crippen molar-refractivity contribution in [2.24, 2.45) is 0 Å². The zero-order valence-corrected chi connectivity index (χ0v) is 21.4. The Hall–Kier alpha value is -1.32. The Kier molecular flexibility index (Phi) is 6.00. The summed E-state index contributed by atoms with van der Waals surface area (Å²) in [5.74, 6) is 0.269. The molecule has 7 atom stereocenters. The first-order chi connectivity index (χ1) is 16.0. The van der Waals surface area contributed by atoms with Crippen LogP contribution in [-0.2, 0) is 43.1 Å². The molecule has 0 saturated carbocycles. The van der Waals surface area contributed by atoms with Gasteiger partial charge in [0.1, 0.15) is 0 Å². The molecule has 0 amide bonds. The number of rotatable bonds is 12. The second kappa shape index (κ2) is 8.37. The largest absolute Gasteiger partial charge is 0.494 e. The van der Waals surface area contributed by atoms with Crippen LogP contribution in [0.3, 0.4) is 0 Å². The first-order valence-electron chi connectivity index (χ1n) is 12.8. The first kappa shape index (κ1) is 24.4. The van der Waals surface area contributed by atoms with Crippen LogP contribution < -0.4 is 0 Å². The van der Waals surface area contributed by atoms with Gasteiger partial charge in [-0.15, -0.1) is 0 Å². The van der Waals surface area contributed by atoms with Crippen molar-refractivity contribution in [1.29, 1.82) is 0 Å². The molecule has 1 aromatic heterocycles. The summed E-state index contributed by atoms with van der Waals surface area (Å²) >= 11 is 0. The van der Waals surface area contributed by atoms with Gasteiger partial charge in [0.05, 0.1) is 60.5 Å². The van der Waals surface area contributed by atoms with E-state index in [-0.39, 0.29) is 53.0 Å². The van der Waals surface area contributed by atoms with E-state index in [2.05, 4.69) is 20.8 Å². The van der Waals surface area contributed by atoms with Crippen molar-refractivity contribution in [3.05, 3.63) is 11.1 Å². The molecule has 0 spiro atoms. The Labute approximate surface area is 202 Å². The number of epoxide rings is 3. The molecule has 0 aromatic carbocycles. The highest BCUT2D eigenvalue weighted by Crippen LogP contribution is 2.55. The van der Waals surface area contributed by atoms with E-state index in [9.17, 15) is 10.2 Å². The normalized spacial score (nSPS) is 36.5. The minimum atomic E-state index is -0.242. The number of nitrogens with zero attached hydrogens (tertiary/aromatic N) is 1. The maximum Gasteiger partial charge on any atom is 0.197 e. The van der Waals surface area contributed by atoms with Crippen LogP contribution in [0.5, 0.6) is 11.8 Å². The number of fused-ring (bicyclic) bond motifs is 2. The fourth-order valence-corrected chi connectivity index (χ4v) is 5.78. The van der Waals surface area contributed by atoms with Gasteiger partial charge in [-0.05, 0) is 60.3 Å². The topological polar surface area (TPSA) is 101 Å². The number of aromatic nitrogens is 1. The second-order valence-corrected chi connectivity index (χ2v) is 11.7. The predicted molar refractivity (Wildman–Crippen MR) is 125 cm³/mol. The van der Waals surface area contributed by atoms with E-state index in [1.165, 1.54) is 0 Å². The van der Waals surface area contributed by atoms with E-state index < -0.39 is 0 Å². The molecule has 1 aromatic rings. The van der Waals surface area contributed by atoms with Crippen molar-refractivity contribution in [3.63, 3.8) is 0 Å². The molecule has 1 aliphatic carbocycles. The molecule has 4 heterocycles. The minimum Gasteiger partial charge on any atom is -0.494 e. The molecule has 8 heteroatoms. The Morgan fingerprint density at radius 1 is 0.971 bits per heavy atom. The third-order valence-corrected chi connectivity index (χ3v) is 8.58. The summed E-state index contributed by atoms with van der Waals surface area (Å²) in [6.45, 7) is 11.2. The van der Waals surface area contributed by atoms with Crippen molar-refractivity contribution in [2.75, 3.05) is 13.7 Å². The molecule has 4 aliphatic rings. The van der Waals surface area contributed by atoms with E-state index in [1.807, 2.05) is 13.8 Å². The zero-order chi connectivity index (χ0) is 24.5. The average Bonchev–Trinajstić information content (AvgIpc) is 3.73. The fraction of sp³-hybridized carbons (Fsp3) is 0.846. The van der Waals surface area contributed by atoms with Gasteiger partial charge >= 0.3 is 0 Å². The third-order valence-electron chi connectivity index (χ3n) is 8.58. The molecule has 3 aliphatic heterocycles. The Bertz CT molecular complexity index is 929. The van der Waals surface area contributed by atoms with Crippen LogP contribution in [0.2, 0.25) is 0 Å². The van der Waals surface area contributed by atoms with Crippen molar-refractivity contribution < 1.29 is 33.9 Å². The lowest BCUT2D eigenvalue weighted by atomic mass is 9.82. The van der Waals surface area contributed by atoms with Gasteiger partial charge in [0.15, 0.2) is 11.8 Å². The number of aromatic hydroxyl groups is 2. The highest BCUT2D eigenvalue weighted by molar-refractivity contribution is 5.50. The van der Waals surface area contributed by atoms with E-state index in [4.69, 9.17) is 23.7 Å². The highest BCUT2D eigenvalue weighted by Gasteiger charge is 2.62. The van der Waals surface area contributed by atoms with Gasteiger partial charge in [0.2, 0.25) is 0 Å².